The van der Waals surface area contributed by atoms with Crippen molar-refractivity contribution in [1.82, 2.24) is 15.1 Å². The molecule has 1 N–H and O–H groups in total. The molecule has 1 aliphatic heterocycles. The summed E-state index contributed by atoms with van der Waals surface area (Å²) in [6.45, 7) is 2.63. The second kappa shape index (κ2) is 7.87. The average molecular weight is 399 g/mol. The lowest BCUT2D eigenvalue weighted by Crippen LogP contribution is -2.50. The standard InChI is InChI=1S/C23H21N5O2/c29-23(24-22-6-3-15-30-22)28-13-11-27(12-14-28)21-10-9-20(25-26-21)19-8-7-17-4-1-2-5-18(17)16-19/h1-10,15-16H,11-14H2,(H,24,29). The Balaban J connectivity index is 1.23. The van der Waals surface area contributed by atoms with Gasteiger partial charge in [-0.3, -0.25) is 5.32 Å². The van der Waals surface area contributed by atoms with Crippen molar-refractivity contribution in [3.05, 3.63) is 73.0 Å². The second-order valence-electron chi connectivity index (χ2n) is 7.22. The zero-order valence-electron chi connectivity index (χ0n) is 16.4. The van der Waals surface area contributed by atoms with Gasteiger partial charge in [-0.05, 0) is 35.0 Å². The summed E-state index contributed by atoms with van der Waals surface area (Å²) in [5, 5.41) is 14.0. The summed E-state index contributed by atoms with van der Waals surface area (Å²) in [5.74, 6) is 1.28. The van der Waals surface area contributed by atoms with E-state index in [1.54, 1.807) is 17.0 Å². The molecule has 1 saturated heterocycles. The molecule has 0 atom stereocenters. The molecule has 0 saturated carbocycles. The fourth-order valence-corrected chi connectivity index (χ4v) is 3.67. The van der Waals surface area contributed by atoms with Gasteiger partial charge in [-0.1, -0.05) is 36.4 Å². The topological polar surface area (TPSA) is 74.5 Å². The smallest absolute Gasteiger partial charge is 0.324 e. The van der Waals surface area contributed by atoms with Crippen LogP contribution in [0.5, 0.6) is 0 Å². The summed E-state index contributed by atoms with van der Waals surface area (Å²) in [5.41, 5.74) is 1.90. The van der Waals surface area contributed by atoms with Gasteiger partial charge in [0.15, 0.2) is 5.82 Å². The maximum absolute atomic E-state index is 12.3. The molecule has 0 unspecified atom stereocenters. The Morgan fingerprint density at radius 1 is 0.867 bits per heavy atom. The minimum Gasteiger partial charge on any atom is -0.449 e. The maximum Gasteiger partial charge on any atom is 0.324 e. The number of rotatable bonds is 3. The van der Waals surface area contributed by atoms with Crippen molar-refractivity contribution in [2.24, 2.45) is 0 Å². The number of aromatic nitrogens is 2. The molecule has 30 heavy (non-hydrogen) atoms. The van der Waals surface area contributed by atoms with Crippen molar-refractivity contribution in [3.63, 3.8) is 0 Å². The fourth-order valence-electron chi connectivity index (χ4n) is 3.67. The number of carbonyl (C=O) groups excluding carboxylic acids is 1. The van der Waals surface area contributed by atoms with E-state index in [4.69, 9.17) is 4.42 Å². The molecule has 2 aromatic carbocycles. The molecule has 0 bridgehead atoms. The predicted octanol–water partition coefficient (Wildman–Crippen LogP) is 4.24. The molecule has 3 heterocycles. The normalized spacial score (nSPS) is 14.1. The molecular weight excluding hydrogens is 378 g/mol. The first kappa shape index (κ1) is 18.2. The van der Waals surface area contributed by atoms with Crippen LogP contribution in [0.15, 0.2) is 77.4 Å². The molecule has 4 aromatic rings. The van der Waals surface area contributed by atoms with E-state index in [-0.39, 0.29) is 6.03 Å². The Hall–Kier alpha value is -3.87. The summed E-state index contributed by atoms with van der Waals surface area (Å²) in [6.07, 6.45) is 1.54. The number of fused-ring (bicyclic) bond motifs is 1. The van der Waals surface area contributed by atoms with Crippen molar-refractivity contribution in [2.75, 3.05) is 36.4 Å². The first-order chi connectivity index (χ1) is 14.8. The van der Waals surface area contributed by atoms with Crippen LogP contribution in [0.25, 0.3) is 22.0 Å². The molecule has 0 aliphatic carbocycles. The predicted molar refractivity (Wildman–Crippen MR) is 116 cm³/mol. The molecule has 150 valence electrons. The van der Waals surface area contributed by atoms with Crippen LogP contribution in [0.1, 0.15) is 0 Å². The third-order valence-corrected chi connectivity index (χ3v) is 5.34. The largest absolute Gasteiger partial charge is 0.449 e. The van der Waals surface area contributed by atoms with Gasteiger partial charge in [0, 0.05) is 37.8 Å². The van der Waals surface area contributed by atoms with Crippen LogP contribution in [-0.2, 0) is 0 Å². The van der Waals surface area contributed by atoms with Gasteiger partial charge in [-0.2, -0.15) is 0 Å². The number of furan rings is 1. The highest BCUT2D eigenvalue weighted by Crippen LogP contribution is 2.24. The number of urea groups is 1. The van der Waals surface area contributed by atoms with E-state index in [0.29, 0.717) is 32.1 Å². The van der Waals surface area contributed by atoms with E-state index in [1.165, 1.54) is 17.0 Å². The number of carbonyl (C=O) groups is 1. The van der Waals surface area contributed by atoms with Crippen molar-refractivity contribution in [2.45, 2.75) is 0 Å². The van der Waals surface area contributed by atoms with E-state index in [2.05, 4.69) is 50.7 Å². The summed E-state index contributed by atoms with van der Waals surface area (Å²) in [4.78, 5) is 16.2. The highest BCUT2D eigenvalue weighted by Gasteiger charge is 2.22. The van der Waals surface area contributed by atoms with Crippen LogP contribution in [-0.4, -0.2) is 47.3 Å². The number of amides is 2. The molecule has 1 aliphatic rings. The van der Waals surface area contributed by atoms with E-state index < -0.39 is 0 Å². The molecule has 0 radical (unpaired) electrons. The Morgan fingerprint density at radius 3 is 2.43 bits per heavy atom. The Labute approximate surface area is 173 Å². The first-order valence-corrected chi connectivity index (χ1v) is 9.93. The molecule has 2 amide bonds. The van der Waals surface area contributed by atoms with Crippen LogP contribution < -0.4 is 10.2 Å². The third-order valence-electron chi connectivity index (χ3n) is 5.34. The summed E-state index contributed by atoms with van der Waals surface area (Å²) < 4.78 is 5.17. The third kappa shape index (κ3) is 3.69. The fraction of sp³-hybridized carbons (Fsp3) is 0.174. The van der Waals surface area contributed by atoms with Crippen molar-refractivity contribution >= 4 is 28.5 Å². The minimum absolute atomic E-state index is 0.151. The molecule has 5 rings (SSSR count). The monoisotopic (exact) mass is 399 g/mol. The molecule has 0 spiro atoms. The van der Waals surface area contributed by atoms with Crippen LogP contribution in [0, 0.1) is 0 Å². The number of hydrogen-bond acceptors (Lipinski definition) is 5. The Kier molecular flexibility index (Phi) is 4.77. The van der Waals surface area contributed by atoms with Gasteiger partial charge >= 0.3 is 6.03 Å². The number of benzene rings is 2. The Morgan fingerprint density at radius 2 is 1.70 bits per heavy atom. The van der Waals surface area contributed by atoms with Crippen molar-refractivity contribution < 1.29 is 9.21 Å². The van der Waals surface area contributed by atoms with E-state index in [1.807, 2.05) is 24.3 Å². The molecule has 7 heteroatoms. The lowest BCUT2D eigenvalue weighted by atomic mass is 10.1. The van der Waals surface area contributed by atoms with Gasteiger partial charge in [0.2, 0.25) is 5.88 Å². The van der Waals surface area contributed by atoms with E-state index in [9.17, 15) is 4.79 Å². The number of hydrogen-bond donors (Lipinski definition) is 1. The molecule has 7 nitrogen and oxygen atoms in total. The average Bonchev–Trinajstić information content (AvgIpc) is 3.32. The maximum atomic E-state index is 12.3. The number of nitrogens with one attached hydrogen (secondary N) is 1. The SMILES string of the molecule is O=C(Nc1ccco1)N1CCN(c2ccc(-c3ccc4ccccc4c3)nn2)CC1. The first-order valence-electron chi connectivity index (χ1n) is 9.93. The quantitative estimate of drug-likeness (QED) is 0.558. The van der Waals surface area contributed by atoms with Crippen molar-refractivity contribution in [3.8, 4) is 11.3 Å². The van der Waals surface area contributed by atoms with Crippen LogP contribution >= 0.6 is 0 Å². The van der Waals surface area contributed by atoms with Crippen molar-refractivity contribution in [1.29, 1.82) is 0 Å². The van der Waals surface area contributed by atoms with E-state index >= 15 is 0 Å². The van der Waals surface area contributed by atoms with Gasteiger partial charge in [0.25, 0.3) is 0 Å². The molecule has 1 fully saturated rings. The van der Waals surface area contributed by atoms with Gasteiger partial charge < -0.3 is 14.2 Å². The zero-order valence-corrected chi connectivity index (χ0v) is 16.4. The van der Waals surface area contributed by atoms with Crippen LogP contribution in [0.2, 0.25) is 0 Å². The lowest BCUT2D eigenvalue weighted by Gasteiger charge is -2.34. The lowest BCUT2D eigenvalue weighted by molar-refractivity contribution is 0.207. The molecule has 2 aromatic heterocycles. The van der Waals surface area contributed by atoms with Gasteiger partial charge in [-0.25, -0.2) is 4.79 Å². The van der Waals surface area contributed by atoms with Gasteiger partial charge in [-0.15, -0.1) is 10.2 Å². The van der Waals surface area contributed by atoms with E-state index in [0.717, 1.165) is 17.1 Å². The highest BCUT2D eigenvalue weighted by atomic mass is 16.3. The number of nitrogens with zero attached hydrogens (tertiary/aromatic N) is 4. The number of anilines is 2. The van der Waals surface area contributed by atoms with Gasteiger partial charge in [0.05, 0.1) is 12.0 Å². The number of piperazine rings is 1. The van der Waals surface area contributed by atoms with Gasteiger partial charge in [0.1, 0.15) is 0 Å². The second-order valence-corrected chi connectivity index (χ2v) is 7.22. The summed E-state index contributed by atoms with van der Waals surface area (Å²) in [6, 6.07) is 21.9. The summed E-state index contributed by atoms with van der Waals surface area (Å²) >= 11 is 0. The minimum atomic E-state index is -0.151. The summed E-state index contributed by atoms with van der Waals surface area (Å²) in [7, 11) is 0. The zero-order chi connectivity index (χ0) is 20.3. The van der Waals surface area contributed by atoms with Crippen LogP contribution in [0.4, 0.5) is 16.5 Å². The van der Waals surface area contributed by atoms with Crippen LogP contribution in [0.3, 0.4) is 0 Å². The highest BCUT2D eigenvalue weighted by molar-refractivity contribution is 5.88. The molecular formula is C23H21N5O2. The Bertz CT molecular complexity index is 1150.